The molecule has 2 aromatic heterocycles. The number of hydrogen-bond donors (Lipinski definition) is 2. The summed E-state index contributed by atoms with van der Waals surface area (Å²) in [7, 11) is 2.15. The van der Waals surface area contributed by atoms with Crippen LogP contribution in [0, 0.1) is 0 Å². The van der Waals surface area contributed by atoms with E-state index in [9.17, 15) is 13.2 Å². The summed E-state index contributed by atoms with van der Waals surface area (Å²) in [4.78, 5) is 6.93. The summed E-state index contributed by atoms with van der Waals surface area (Å²) in [6.45, 7) is 2.21. The normalized spacial score (nSPS) is 20.5. The molecule has 0 saturated carbocycles. The Hall–Kier alpha value is -3.67. The van der Waals surface area contributed by atoms with Crippen molar-refractivity contribution in [2.24, 2.45) is 0 Å². The van der Waals surface area contributed by atoms with Gasteiger partial charge in [-0.05, 0) is 80.5 Å². The minimum absolute atomic E-state index is 0.0525. The first-order valence-electron chi connectivity index (χ1n) is 12.5. The largest absolute Gasteiger partial charge is 0.573 e. The average molecular weight is 525 g/mol. The van der Waals surface area contributed by atoms with E-state index in [0.717, 1.165) is 37.2 Å². The Kier molecular flexibility index (Phi) is 6.42. The van der Waals surface area contributed by atoms with Crippen LogP contribution in [-0.4, -0.2) is 58.3 Å². The second-order valence-electron chi connectivity index (χ2n) is 9.67. The van der Waals surface area contributed by atoms with Gasteiger partial charge in [0.05, 0.1) is 0 Å². The van der Waals surface area contributed by atoms with Gasteiger partial charge in [0, 0.05) is 23.5 Å². The van der Waals surface area contributed by atoms with E-state index in [2.05, 4.69) is 37.4 Å². The molecule has 2 aliphatic rings. The highest BCUT2D eigenvalue weighted by atomic mass is 19.4. The molecular formula is C27H27F3N6O2. The van der Waals surface area contributed by atoms with Gasteiger partial charge in [0.15, 0.2) is 5.65 Å². The molecule has 0 aliphatic carbocycles. The maximum Gasteiger partial charge on any atom is 0.573 e. The van der Waals surface area contributed by atoms with Crippen LogP contribution in [0.5, 0.6) is 5.75 Å². The van der Waals surface area contributed by atoms with Gasteiger partial charge >= 0.3 is 6.36 Å². The Bertz CT molecular complexity index is 1420. The fraction of sp³-hybridized carbons (Fsp3) is 0.333. The number of rotatable bonds is 7. The van der Waals surface area contributed by atoms with Crippen LogP contribution in [0.1, 0.15) is 24.5 Å². The van der Waals surface area contributed by atoms with Crippen molar-refractivity contribution >= 4 is 17.3 Å². The number of hydrogen-bond acceptors (Lipinski definition) is 7. The standard InChI is InChI=1S/C27H27F3N6O2/c1-35-14-11-20(12-15-35)31-25-23(37-25)17-7-9-19(10-8-17)32-26-33-24-22(6-3-13-36(24)34-26)18-4-2-5-21(16-18)38-27(28,29)30/h2-10,13,16,20,23,25,31H,11-12,14-15H2,1H3,(H,32,34). The van der Waals surface area contributed by atoms with Crippen LogP contribution in [-0.2, 0) is 4.74 Å². The van der Waals surface area contributed by atoms with Crippen LogP contribution in [0.3, 0.4) is 0 Å². The van der Waals surface area contributed by atoms with E-state index in [1.54, 1.807) is 28.9 Å². The van der Waals surface area contributed by atoms with Gasteiger partial charge in [0.2, 0.25) is 5.95 Å². The van der Waals surface area contributed by atoms with Gasteiger partial charge in [0.25, 0.3) is 0 Å². The highest BCUT2D eigenvalue weighted by molar-refractivity contribution is 5.79. The van der Waals surface area contributed by atoms with Gasteiger partial charge in [-0.25, -0.2) is 4.52 Å². The molecule has 198 valence electrons. The molecule has 6 rings (SSSR count). The summed E-state index contributed by atoms with van der Waals surface area (Å²) in [5.74, 6) is 0.0794. The summed E-state index contributed by atoms with van der Waals surface area (Å²) in [5.41, 5.74) is 3.59. The maximum atomic E-state index is 12.7. The lowest BCUT2D eigenvalue weighted by Crippen LogP contribution is -2.42. The van der Waals surface area contributed by atoms with Crippen molar-refractivity contribution in [1.82, 2.24) is 24.8 Å². The number of aromatic nitrogens is 3. The monoisotopic (exact) mass is 524 g/mol. The van der Waals surface area contributed by atoms with Crippen molar-refractivity contribution in [1.29, 1.82) is 0 Å². The number of fused-ring (bicyclic) bond motifs is 1. The third-order valence-electron chi connectivity index (χ3n) is 6.85. The van der Waals surface area contributed by atoms with E-state index >= 15 is 0 Å². The van der Waals surface area contributed by atoms with Crippen LogP contribution in [0.25, 0.3) is 16.8 Å². The SMILES string of the molecule is CN1CCC(NC2OC2c2ccc(Nc3nc4c(-c5cccc(OC(F)(F)F)c5)cccn4n3)cc2)CC1. The molecule has 2 N–H and O–H groups in total. The van der Waals surface area contributed by atoms with E-state index in [1.165, 1.54) is 18.2 Å². The van der Waals surface area contributed by atoms with E-state index in [-0.39, 0.29) is 18.1 Å². The smallest absolute Gasteiger partial charge is 0.406 e. The number of nitrogens with zero attached hydrogens (tertiary/aromatic N) is 4. The summed E-state index contributed by atoms with van der Waals surface area (Å²) in [6, 6.07) is 17.8. The van der Waals surface area contributed by atoms with Crippen molar-refractivity contribution in [3.05, 3.63) is 72.4 Å². The molecule has 2 aliphatic heterocycles. The molecule has 0 amide bonds. The Balaban J connectivity index is 1.13. The van der Waals surface area contributed by atoms with Gasteiger partial charge < -0.3 is 19.7 Å². The number of ether oxygens (including phenoxy) is 2. The third kappa shape index (κ3) is 5.59. The van der Waals surface area contributed by atoms with Crippen LogP contribution in [0.2, 0.25) is 0 Å². The summed E-state index contributed by atoms with van der Waals surface area (Å²) >= 11 is 0. The van der Waals surface area contributed by atoms with Crippen molar-refractivity contribution in [3.63, 3.8) is 0 Å². The van der Waals surface area contributed by atoms with Crippen LogP contribution in [0.4, 0.5) is 24.8 Å². The van der Waals surface area contributed by atoms with Crippen LogP contribution < -0.4 is 15.4 Å². The molecule has 38 heavy (non-hydrogen) atoms. The summed E-state index contributed by atoms with van der Waals surface area (Å²) in [6.07, 6.45) is -0.656. The van der Waals surface area contributed by atoms with Crippen LogP contribution >= 0.6 is 0 Å². The molecule has 0 spiro atoms. The number of anilines is 2. The highest BCUT2D eigenvalue weighted by Gasteiger charge is 2.41. The number of benzene rings is 2. The minimum Gasteiger partial charge on any atom is -0.406 e. The molecule has 2 fully saturated rings. The Labute approximate surface area is 217 Å². The average Bonchev–Trinajstić information content (AvgIpc) is 3.52. The first-order chi connectivity index (χ1) is 18.3. The van der Waals surface area contributed by atoms with Gasteiger partial charge in [-0.15, -0.1) is 18.3 Å². The molecule has 2 aromatic carbocycles. The number of nitrogens with one attached hydrogen (secondary N) is 2. The molecule has 4 heterocycles. The Morgan fingerprint density at radius 3 is 2.58 bits per heavy atom. The van der Waals surface area contributed by atoms with Crippen molar-refractivity contribution in [2.75, 3.05) is 25.5 Å². The summed E-state index contributed by atoms with van der Waals surface area (Å²) in [5, 5.41) is 11.3. The number of piperidine rings is 1. The quantitative estimate of drug-likeness (QED) is 0.325. The molecule has 8 nitrogen and oxygen atoms in total. The number of epoxide rings is 1. The first kappa shape index (κ1) is 24.7. The van der Waals surface area contributed by atoms with Gasteiger partial charge in [-0.2, -0.15) is 4.98 Å². The zero-order chi connectivity index (χ0) is 26.3. The van der Waals surface area contributed by atoms with Gasteiger partial charge in [-0.3, -0.25) is 5.32 Å². The van der Waals surface area contributed by atoms with E-state index in [0.29, 0.717) is 28.8 Å². The van der Waals surface area contributed by atoms with Crippen molar-refractivity contribution in [3.8, 4) is 16.9 Å². The lowest BCUT2D eigenvalue weighted by Gasteiger charge is -2.29. The number of likely N-dealkylation sites (tertiary alicyclic amines) is 1. The van der Waals surface area contributed by atoms with Crippen molar-refractivity contribution < 1.29 is 22.6 Å². The molecule has 11 heteroatoms. The van der Waals surface area contributed by atoms with Gasteiger partial charge in [-0.1, -0.05) is 24.3 Å². The minimum atomic E-state index is -4.76. The molecule has 4 aromatic rings. The summed E-state index contributed by atoms with van der Waals surface area (Å²) < 4.78 is 49.5. The van der Waals surface area contributed by atoms with Crippen molar-refractivity contribution in [2.45, 2.75) is 37.6 Å². The lowest BCUT2D eigenvalue weighted by atomic mass is 10.0. The zero-order valence-corrected chi connectivity index (χ0v) is 20.7. The second kappa shape index (κ2) is 9.90. The molecule has 0 bridgehead atoms. The zero-order valence-electron chi connectivity index (χ0n) is 20.7. The second-order valence-corrected chi connectivity index (χ2v) is 9.67. The number of alkyl halides is 3. The Morgan fingerprint density at radius 1 is 1.03 bits per heavy atom. The molecule has 2 atom stereocenters. The number of pyridine rings is 1. The van der Waals surface area contributed by atoms with E-state index in [4.69, 9.17) is 4.74 Å². The topological polar surface area (TPSA) is 79.2 Å². The fourth-order valence-corrected chi connectivity index (χ4v) is 4.83. The molecule has 0 radical (unpaired) electrons. The van der Waals surface area contributed by atoms with Crippen LogP contribution in [0.15, 0.2) is 66.9 Å². The van der Waals surface area contributed by atoms with E-state index in [1.807, 2.05) is 24.3 Å². The number of halogens is 3. The highest BCUT2D eigenvalue weighted by Crippen LogP contribution is 2.38. The molecular weight excluding hydrogens is 497 g/mol. The van der Waals surface area contributed by atoms with Gasteiger partial charge in [0.1, 0.15) is 18.1 Å². The predicted octanol–water partition coefficient (Wildman–Crippen LogP) is 5.12. The Morgan fingerprint density at radius 2 is 1.82 bits per heavy atom. The lowest BCUT2D eigenvalue weighted by molar-refractivity contribution is -0.274. The third-order valence-corrected chi connectivity index (χ3v) is 6.85. The molecule has 2 unspecified atom stereocenters. The first-order valence-corrected chi connectivity index (χ1v) is 12.5. The molecule has 2 saturated heterocycles. The predicted molar refractivity (Wildman–Crippen MR) is 136 cm³/mol. The van der Waals surface area contributed by atoms with E-state index < -0.39 is 6.36 Å². The fourth-order valence-electron chi connectivity index (χ4n) is 4.83. The maximum absolute atomic E-state index is 12.7.